The molecule has 2 aromatic heterocycles. The van der Waals surface area contributed by atoms with Crippen molar-refractivity contribution in [2.24, 2.45) is 0 Å². The first-order chi connectivity index (χ1) is 14.1. The van der Waals surface area contributed by atoms with Crippen molar-refractivity contribution in [3.8, 4) is 0 Å². The van der Waals surface area contributed by atoms with Crippen molar-refractivity contribution in [2.75, 3.05) is 31.6 Å². The molecule has 0 spiro atoms. The number of morpholine rings is 1. The molecular formula is C21H19ClN4O3. The molecule has 0 saturated carbocycles. The Morgan fingerprint density at radius 2 is 1.86 bits per heavy atom. The third-order valence-corrected chi connectivity index (χ3v) is 4.89. The van der Waals surface area contributed by atoms with Crippen LogP contribution in [0.5, 0.6) is 0 Å². The number of pyridine rings is 1. The maximum absolute atomic E-state index is 12.5. The van der Waals surface area contributed by atoms with Crippen molar-refractivity contribution < 1.29 is 14.3 Å². The number of fused-ring (bicyclic) bond motifs is 1. The van der Waals surface area contributed by atoms with E-state index in [2.05, 4.69) is 10.3 Å². The number of imidazole rings is 1. The summed E-state index contributed by atoms with van der Waals surface area (Å²) in [6, 6.07) is 12.4. The number of nitrogens with zero attached hydrogens (tertiary/aromatic N) is 3. The molecule has 29 heavy (non-hydrogen) atoms. The second kappa shape index (κ2) is 8.46. The molecule has 1 N–H and O–H groups in total. The van der Waals surface area contributed by atoms with Gasteiger partial charge >= 0.3 is 0 Å². The number of amides is 2. The maximum Gasteiger partial charge on any atom is 0.254 e. The first-order valence-electron chi connectivity index (χ1n) is 9.20. The number of carbonyl (C=O) groups excluding carboxylic acids is 2. The average Bonchev–Trinajstić information content (AvgIpc) is 3.08. The van der Waals surface area contributed by atoms with Crippen molar-refractivity contribution in [1.29, 1.82) is 0 Å². The molecule has 3 heterocycles. The minimum atomic E-state index is -0.306. The standard InChI is InChI=1S/C21H19ClN4O3/c22-20-17(26-10-2-1-3-18(26)24-20)8-9-19(27)23-16-6-4-15(5-7-16)21(28)25-11-13-29-14-12-25/h1-10H,11-14H2,(H,23,27)/b9-8+. The zero-order valence-electron chi connectivity index (χ0n) is 15.5. The van der Waals surface area contributed by atoms with Crippen LogP contribution in [-0.2, 0) is 9.53 Å². The third-order valence-electron chi connectivity index (χ3n) is 4.61. The van der Waals surface area contributed by atoms with E-state index in [1.54, 1.807) is 39.6 Å². The normalized spacial score (nSPS) is 14.4. The zero-order valence-corrected chi connectivity index (χ0v) is 16.3. The Labute approximate surface area is 172 Å². The second-order valence-electron chi connectivity index (χ2n) is 6.52. The first-order valence-corrected chi connectivity index (χ1v) is 9.58. The van der Waals surface area contributed by atoms with Crippen molar-refractivity contribution in [3.05, 3.63) is 71.1 Å². The SMILES string of the molecule is O=C(/C=C/c1c(Cl)nc2ccccn12)Nc1ccc(C(=O)N2CCOCC2)cc1. The summed E-state index contributed by atoms with van der Waals surface area (Å²) in [5.74, 6) is -0.340. The molecule has 1 fully saturated rings. The Morgan fingerprint density at radius 3 is 2.62 bits per heavy atom. The lowest BCUT2D eigenvalue weighted by atomic mass is 10.1. The van der Waals surface area contributed by atoms with E-state index in [1.807, 2.05) is 24.4 Å². The van der Waals surface area contributed by atoms with E-state index in [9.17, 15) is 9.59 Å². The van der Waals surface area contributed by atoms with Crippen LogP contribution in [0.1, 0.15) is 16.1 Å². The molecule has 4 rings (SSSR count). The highest BCUT2D eigenvalue weighted by Crippen LogP contribution is 2.19. The van der Waals surface area contributed by atoms with Gasteiger partial charge in [-0.15, -0.1) is 0 Å². The van der Waals surface area contributed by atoms with Crippen molar-refractivity contribution in [2.45, 2.75) is 0 Å². The number of hydrogen-bond acceptors (Lipinski definition) is 4. The number of carbonyl (C=O) groups is 2. The largest absolute Gasteiger partial charge is 0.378 e. The average molecular weight is 411 g/mol. The third kappa shape index (κ3) is 4.31. The summed E-state index contributed by atoms with van der Waals surface area (Å²) in [6.07, 6.45) is 4.85. The topological polar surface area (TPSA) is 75.9 Å². The van der Waals surface area contributed by atoms with Gasteiger partial charge in [-0.1, -0.05) is 17.7 Å². The van der Waals surface area contributed by atoms with Gasteiger partial charge in [0, 0.05) is 36.6 Å². The van der Waals surface area contributed by atoms with Crippen LogP contribution in [0.15, 0.2) is 54.7 Å². The smallest absolute Gasteiger partial charge is 0.254 e. The molecule has 1 saturated heterocycles. The number of ether oxygens (including phenoxy) is 1. The molecule has 0 aliphatic carbocycles. The first kappa shape index (κ1) is 19.2. The van der Waals surface area contributed by atoms with Crippen LogP contribution in [0.3, 0.4) is 0 Å². The fraction of sp³-hybridized carbons (Fsp3) is 0.190. The van der Waals surface area contributed by atoms with Gasteiger partial charge in [-0.2, -0.15) is 0 Å². The summed E-state index contributed by atoms with van der Waals surface area (Å²) < 4.78 is 7.07. The summed E-state index contributed by atoms with van der Waals surface area (Å²) in [5.41, 5.74) is 2.52. The quantitative estimate of drug-likeness (QED) is 0.670. The van der Waals surface area contributed by atoms with E-state index >= 15 is 0 Å². The number of hydrogen-bond donors (Lipinski definition) is 1. The van der Waals surface area contributed by atoms with Gasteiger partial charge in [0.1, 0.15) is 5.65 Å². The minimum Gasteiger partial charge on any atom is -0.378 e. The lowest BCUT2D eigenvalue weighted by Gasteiger charge is -2.26. The maximum atomic E-state index is 12.5. The molecule has 2 amide bonds. The number of rotatable bonds is 4. The Morgan fingerprint density at radius 1 is 1.10 bits per heavy atom. The van der Waals surface area contributed by atoms with Gasteiger partial charge in [-0.3, -0.25) is 14.0 Å². The van der Waals surface area contributed by atoms with Crippen molar-refractivity contribution in [3.63, 3.8) is 0 Å². The van der Waals surface area contributed by atoms with Gasteiger partial charge in [-0.25, -0.2) is 4.98 Å². The molecule has 1 aliphatic rings. The second-order valence-corrected chi connectivity index (χ2v) is 6.88. The summed E-state index contributed by atoms with van der Waals surface area (Å²) in [7, 11) is 0. The van der Waals surface area contributed by atoms with Crippen LogP contribution < -0.4 is 5.32 Å². The summed E-state index contributed by atoms with van der Waals surface area (Å²) >= 11 is 6.16. The number of aromatic nitrogens is 2. The van der Waals surface area contributed by atoms with Crippen molar-refractivity contribution in [1.82, 2.24) is 14.3 Å². The number of anilines is 1. The van der Waals surface area contributed by atoms with E-state index in [0.717, 1.165) is 0 Å². The lowest BCUT2D eigenvalue weighted by molar-refractivity contribution is -0.111. The van der Waals surface area contributed by atoms with E-state index in [-0.39, 0.29) is 11.8 Å². The zero-order chi connectivity index (χ0) is 20.2. The molecule has 1 aromatic carbocycles. The summed E-state index contributed by atoms with van der Waals surface area (Å²) in [5, 5.41) is 3.10. The molecule has 0 bridgehead atoms. The van der Waals surface area contributed by atoms with Gasteiger partial charge in [0.05, 0.1) is 18.9 Å². The van der Waals surface area contributed by atoms with Crippen LogP contribution in [0.25, 0.3) is 11.7 Å². The number of benzene rings is 1. The summed E-state index contributed by atoms with van der Waals surface area (Å²) in [6.45, 7) is 2.30. The fourth-order valence-electron chi connectivity index (χ4n) is 3.12. The molecule has 8 heteroatoms. The van der Waals surface area contributed by atoms with Gasteiger partial charge in [-0.05, 0) is 42.5 Å². The highest BCUT2D eigenvalue weighted by Gasteiger charge is 2.18. The lowest BCUT2D eigenvalue weighted by Crippen LogP contribution is -2.40. The predicted octanol–water partition coefficient (Wildman–Crippen LogP) is 3.11. The van der Waals surface area contributed by atoms with Crippen LogP contribution in [0.2, 0.25) is 5.15 Å². The molecule has 0 radical (unpaired) electrons. The van der Waals surface area contributed by atoms with Crippen LogP contribution in [0, 0.1) is 0 Å². The Kier molecular flexibility index (Phi) is 5.59. The predicted molar refractivity (Wildman–Crippen MR) is 111 cm³/mol. The number of halogens is 1. The fourth-order valence-corrected chi connectivity index (χ4v) is 3.36. The highest BCUT2D eigenvalue weighted by molar-refractivity contribution is 6.31. The van der Waals surface area contributed by atoms with Gasteiger partial charge in [0.15, 0.2) is 5.15 Å². The van der Waals surface area contributed by atoms with Crippen LogP contribution >= 0.6 is 11.6 Å². The molecule has 7 nitrogen and oxygen atoms in total. The molecule has 1 aliphatic heterocycles. The van der Waals surface area contributed by atoms with E-state index in [0.29, 0.717) is 54.0 Å². The number of nitrogens with one attached hydrogen (secondary N) is 1. The molecule has 148 valence electrons. The molecule has 3 aromatic rings. The molecular weight excluding hydrogens is 392 g/mol. The van der Waals surface area contributed by atoms with Gasteiger partial charge < -0.3 is 15.0 Å². The Balaban J connectivity index is 1.41. The van der Waals surface area contributed by atoms with Gasteiger partial charge in [0.25, 0.3) is 5.91 Å². The summed E-state index contributed by atoms with van der Waals surface area (Å²) in [4.78, 5) is 30.7. The van der Waals surface area contributed by atoms with Crippen LogP contribution in [0.4, 0.5) is 5.69 Å². The molecule has 0 atom stereocenters. The Bertz CT molecular complexity index is 1070. The Hall–Kier alpha value is -3.16. The highest BCUT2D eigenvalue weighted by atomic mass is 35.5. The van der Waals surface area contributed by atoms with Crippen molar-refractivity contribution >= 4 is 40.8 Å². The monoisotopic (exact) mass is 410 g/mol. The van der Waals surface area contributed by atoms with E-state index in [1.165, 1.54) is 6.08 Å². The van der Waals surface area contributed by atoms with Crippen LogP contribution in [-0.4, -0.2) is 52.4 Å². The molecule has 0 unspecified atom stereocenters. The van der Waals surface area contributed by atoms with Gasteiger partial charge in [0.2, 0.25) is 5.91 Å². The van der Waals surface area contributed by atoms with E-state index < -0.39 is 0 Å². The minimum absolute atomic E-state index is 0.0340. The van der Waals surface area contributed by atoms with E-state index in [4.69, 9.17) is 16.3 Å².